The number of esters is 1. The average molecular weight is 262 g/mol. The van der Waals surface area contributed by atoms with Crippen molar-refractivity contribution in [2.24, 2.45) is 0 Å². The molecule has 1 aromatic heterocycles. The number of aromatic amines is 1. The minimum atomic E-state index is -0.582. The van der Waals surface area contributed by atoms with Crippen molar-refractivity contribution in [1.29, 1.82) is 0 Å². The molecule has 1 heterocycles. The van der Waals surface area contributed by atoms with Gasteiger partial charge in [-0.3, -0.25) is 14.3 Å². The Morgan fingerprint density at radius 2 is 2.11 bits per heavy atom. The first-order chi connectivity index (χ1) is 9.19. The summed E-state index contributed by atoms with van der Waals surface area (Å²) in [4.78, 5) is 24.5. The molecule has 2 rings (SSSR count). The van der Waals surface area contributed by atoms with E-state index in [9.17, 15) is 9.59 Å². The van der Waals surface area contributed by atoms with Gasteiger partial charge in [-0.2, -0.15) is 0 Å². The Kier molecular flexibility index (Phi) is 4.12. The topological polar surface area (TPSA) is 85.2 Å². The second kappa shape index (κ2) is 5.99. The van der Waals surface area contributed by atoms with Crippen LogP contribution < -0.4 is 5.76 Å². The van der Waals surface area contributed by atoms with E-state index >= 15 is 0 Å². The van der Waals surface area contributed by atoms with E-state index in [1.54, 1.807) is 6.92 Å². The number of nitrogens with one attached hydrogen (secondary N) is 1. The number of hydrogen-bond donors (Lipinski definition) is 1. The number of aryl methyl sites for hydroxylation is 1. The highest BCUT2D eigenvalue weighted by molar-refractivity contribution is 5.69. The molecule has 6 heteroatoms. The van der Waals surface area contributed by atoms with Crippen LogP contribution in [0.15, 0.2) is 33.6 Å². The lowest BCUT2D eigenvalue weighted by atomic mass is 10.1. The van der Waals surface area contributed by atoms with Gasteiger partial charge in [-0.1, -0.05) is 29.4 Å². The van der Waals surface area contributed by atoms with Crippen LogP contribution in [0.2, 0.25) is 0 Å². The largest absolute Gasteiger partial charge is 0.466 e. The lowest BCUT2D eigenvalue weighted by Crippen LogP contribution is -2.05. The Hall–Kier alpha value is -2.37. The SMILES string of the molecule is CCOC(=O)CCc1ccc(-c2noc(=O)[nH]2)cc1. The maximum absolute atomic E-state index is 11.2. The van der Waals surface area contributed by atoms with Gasteiger partial charge in [-0.25, -0.2) is 4.79 Å². The van der Waals surface area contributed by atoms with Crippen LogP contribution in [-0.4, -0.2) is 22.7 Å². The molecular formula is C13H14N2O4. The molecule has 0 amide bonds. The highest BCUT2D eigenvalue weighted by atomic mass is 16.5. The van der Waals surface area contributed by atoms with Crippen molar-refractivity contribution >= 4 is 5.97 Å². The molecular weight excluding hydrogens is 248 g/mol. The first-order valence-electron chi connectivity index (χ1n) is 6.00. The zero-order valence-electron chi connectivity index (χ0n) is 10.5. The fraction of sp³-hybridized carbons (Fsp3) is 0.308. The Bertz CT molecular complexity index is 598. The molecule has 2 aromatic rings. The molecule has 6 nitrogen and oxygen atoms in total. The first-order valence-corrected chi connectivity index (χ1v) is 6.00. The summed E-state index contributed by atoms with van der Waals surface area (Å²) in [6.45, 7) is 2.18. The summed E-state index contributed by atoms with van der Waals surface area (Å²) in [7, 11) is 0. The fourth-order valence-corrected chi connectivity index (χ4v) is 1.66. The number of H-pyrrole nitrogens is 1. The minimum Gasteiger partial charge on any atom is -0.466 e. The number of carbonyl (C=O) groups excluding carboxylic acids is 1. The van der Waals surface area contributed by atoms with E-state index in [2.05, 4.69) is 14.7 Å². The maximum atomic E-state index is 11.2. The third kappa shape index (κ3) is 3.54. The van der Waals surface area contributed by atoms with Crippen molar-refractivity contribution < 1.29 is 14.1 Å². The smallest absolute Gasteiger partial charge is 0.439 e. The lowest BCUT2D eigenvalue weighted by molar-refractivity contribution is -0.143. The standard InChI is InChI=1S/C13H14N2O4/c1-2-18-11(16)8-5-9-3-6-10(7-4-9)12-14-13(17)19-15-12/h3-4,6-7H,2,5,8H2,1H3,(H,14,15,17). The predicted octanol–water partition coefficient (Wildman–Crippen LogP) is 1.53. The van der Waals surface area contributed by atoms with Crippen molar-refractivity contribution in [1.82, 2.24) is 10.1 Å². The molecule has 0 aliphatic heterocycles. The van der Waals surface area contributed by atoms with E-state index in [1.807, 2.05) is 24.3 Å². The molecule has 19 heavy (non-hydrogen) atoms. The molecule has 0 fully saturated rings. The van der Waals surface area contributed by atoms with Gasteiger partial charge in [0.15, 0.2) is 5.82 Å². The molecule has 0 radical (unpaired) electrons. The van der Waals surface area contributed by atoms with Crippen molar-refractivity contribution in [2.75, 3.05) is 6.61 Å². The number of nitrogens with zero attached hydrogens (tertiary/aromatic N) is 1. The van der Waals surface area contributed by atoms with E-state index < -0.39 is 5.76 Å². The van der Waals surface area contributed by atoms with Crippen LogP contribution in [0.25, 0.3) is 11.4 Å². The van der Waals surface area contributed by atoms with Crippen LogP contribution in [0.1, 0.15) is 18.9 Å². The summed E-state index contributed by atoms with van der Waals surface area (Å²) in [5.74, 6) is -0.393. The normalized spacial score (nSPS) is 10.4. The van der Waals surface area contributed by atoms with Gasteiger partial charge < -0.3 is 4.74 Å². The summed E-state index contributed by atoms with van der Waals surface area (Å²) < 4.78 is 9.29. The van der Waals surface area contributed by atoms with Crippen LogP contribution >= 0.6 is 0 Å². The number of hydrogen-bond acceptors (Lipinski definition) is 5. The summed E-state index contributed by atoms with van der Waals surface area (Å²) in [5.41, 5.74) is 1.77. The third-order valence-electron chi connectivity index (χ3n) is 2.59. The monoisotopic (exact) mass is 262 g/mol. The molecule has 0 spiro atoms. The van der Waals surface area contributed by atoms with Gasteiger partial charge in [0, 0.05) is 12.0 Å². The lowest BCUT2D eigenvalue weighted by Gasteiger charge is -2.03. The van der Waals surface area contributed by atoms with Crippen LogP contribution in [0, 0.1) is 0 Å². The van der Waals surface area contributed by atoms with Crippen LogP contribution in [0.4, 0.5) is 0 Å². The summed E-state index contributed by atoms with van der Waals surface area (Å²) in [5, 5.41) is 3.60. The van der Waals surface area contributed by atoms with Crippen molar-refractivity contribution in [2.45, 2.75) is 19.8 Å². The molecule has 0 saturated heterocycles. The van der Waals surface area contributed by atoms with Gasteiger partial charge in [0.05, 0.1) is 6.61 Å². The number of rotatable bonds is 5. The Balaban J connectivity index is 1.99. The van der Waals surface area contributed by atoms with Gasteiger partial charge >= 0.3 is 11.7 Å². The highest BCUT2D eigenvalue weighted by Crippen LogP contribution is 2.15. The summed E-state index contributed by atoms with van der Waals surface area (Å²) >= 11 is 0. The third-order valence-corrected chi connectivity index (χ3v) is 2.59. The second-order valence-corrected chi connectivity index (χ2v) is 3.95. The van der Waals surface area contributed by atoms with E-state index in [-0.39, 0.29) is 5.97 Å². The van der Waals surface area contributed by atoms with Gasteiger partial charge in [0.2, 0.25) is 0 Å². The van der Waals surface area contributed by atoms with E-state index in [1.165, 1.54) is 0 Å². The number of aromatic nitrogens is 2. The summed E-state index contributed by atoms with van der Waals surface area (Å²) in [6.07, 6.45) is 0.975. The fourth-order valence-electron chi connectivity index (χ4n) is 1.66. The average Bonchev–Trinajstić information content (AvgIpc) is 2.84. The van der Waals surface area contributed by atoms with Gasteiger partial charge in [-0.15, -0.1) is 0 Å². The predicted molar refractivity (Wildman–Crippen MR) is 67.5 cm³/mol. The van der Waals surface area contributed by atoms with Gasteiger partial charge in [0.25, 0.3) is 0 Å². The van der Waals surface area contributed by atoms with Crippen LogP contribution in [-0.2, 0) is 16.0 Å². The Labute approximate surface area is 109 Å². The van der Waals surface area contributed by atoms with E-state index in [0.717, 1.165) is 11.1 Å². The quantitative estimate of drug-likeness (QED) is 0.826. The zero-order chi connectivity index (χ0) is 13.7. The van der Waals surface area contributed by atoms with Crippen molar-refractivity contribution in [3.05, 3.63) is 40.4 Å². The molecule has 0 atom stereocenters. The molecule has 1 aromatic carbocycles. The zero-order valence-corrected chi connectivity index (χ0v) is 10.5. The second-order valence-electron chi connectivity index (χ2n) is 3.95. The molecule has 1 N–H and O–H groups in total. The number of benzene rings is 1. The molecule has 0 unspecified atom stereocenters. The number of ether oxygens (including phenoxy) is 1. The molecule has 0 saturated carbocycles. The Morgan fingerprint density at radius 3 is 2.68 bits per heavy atom. The Morgan fingerprint density at radius 1 is 1.37 bits per heavy atom. The van der Waals surface area contributed by atoms with Gasteiger partial charge in [-0.05, 0) is 18.9 Å². The maximum Gasteiger partial charge on any atom is 0.439 e. The van der Waals surface area contributed by atoms with Crippen LogP contribution in [0.5, 0.6) is 0 Å². The highest BCUT2D eigenvalue weighted by Gasteiger charge is 2.05. The first kappa shape index (κ1) is 13.1. The van der Waals surface area contributed by atoms with E-state index in [4.69, 9.17) is 4.74 Å². The molecule has 0 bridgehead atoms. The van der Waals surface area contributed by atoms with E-state index in [0.29, 0.717) is 25.3 Å². The molecule has 0 aliphatic carbocycles. The van der Waals surface area contributed by atoms with Crippen molar-refractivity contribution in [3.8, 4) is 11.4 Å². The molecule has 100 valence electrons. The van der Waals surface area contributed by atoms with Crippen molar-refractivity contribution in [3.63, 3.8) is 0 Å². The van der Waals surface area contributed by atoms with Gasteiger partial charge in [0.1, 0.15) is 0 Å². The number of carbonyl (C=O) groups is 1. The molecule has 0 aliphatic rings. The minimum absolute atomic E-state index is 0.201. The summed E-state index contributed by atoms with van der Waals surface area (Å²) in [6, 6.07) is 7.38. The van der Waals surface area contributed by atoms with Crippen LogP contribution in [0.3, 0.4) is 0 Å².